The maximum absolute atomic E-state index is 2.51. The largest absolute Gasteiger partial charge is 1.00 e. The van der Waals surface area contributed by atoms with Gasteiger partial charge in [-0.05, 0) is 0 Å². The third-order valence-corrected chi connectivity index (χ3v) is 8.65. The molecule has 0 amide bonds. The molecular formula is C33H41Cl2Zr. The van der Waals surface area contributed by atoms with Gasteiger partial charge in [-0.15, -0.1) is 0 Å². The third kappa shape index (κ3) is 5.46. The molecule has 2 aromatic rings. The fourth-order valence-corrected chi connectivity index (χ4v) is 6.61. The van der Waals surface area contributed by atoms with Crippen LogP contribution < -0.4 is 35.3 Å². The van der Waals surface area contributed by atoms with E-state index in [0.29, 0.717) is 0 Å². The molecule has 3 heteroatoms. The molecule has 0 heterocycles. The molecule has 4 rings (SSSR count). The van der Waals surface area contributed by atoms with Crippen LogP contribution >= 0.6 is 0 Å². The fourth-order valence-electron chi connectivity index (χ4n) is 5.46. The van der Waals surface area contributed by atoms with Crippen molar-refractivity contribution in [3.05, 3.63) is 74.7 Å². The summed E-state index contributed by atoms with van der Waals surface area (Å²) in [5, 5.41) is 2.94. The van der Waals surface area contributed by atoms with E-state index in [0.717, 1.165) is 6.42 Å². The van der Waals surface area contributed by atoms with Crippen molar-refractivity contribution in [2.24, 2.45) is 5.41 Å². The molecular weight excluding hydrogens is 558 g/mol. The summed E-state index contributed by atoms with van der Waals surface area (Å²) >= 11 is 1.50. The van der Waals surface area contributed by atoms with Crippen LogP contribution in [-0.4, -0.2) is 0 Å². The molecule has 36 heavy (non-hydrogen) atoms. The monoisotopic (exact) mass is 597 g/mol. The Kier molecular flexibility index (Phi) is 9.02. The summed E-state index contributed by atoms with van der Waals surface area (Å²) in [6.07, 6.45) is 6.00. The molecule has 0 aromatic heterocycles. The predicted molar refractivity (Wildman–Crippen MR) is 146 cm³/mol. The van der Waals surface area contributed by atoms with Crippen LogP contribution in [0.4, 0.5) is 0 Å². The molecule has 0 unspecified atom stereocenters. The average Bonchev–Trinajstić information content (AvgIpc) is 3.29. The molecule has 2 aromatic carbocycles. The van der Waals surface area contributed by atoms with Crippen molar-refractivity contribution in [3.63, 3.8) is 0 Å². The van der Waals surface area contributed by atoms with Crippen molar-refractivity contribution in [3.8, 4) is 11.1 Å². The molecule has 0 radical (unpaired) electrons. The summed E-state index contributed by atoms with van der Waals surface area (Å²) in [5.74, 6) is 0. The molecule has 0 atom stereocenters. The molecule has 0 bridgehead atoms. The van der Waals surface area contributed by atoms with Gasteiger partial charge < -0.3 is 24.8 Å². The van der Waals surface area contributed by atoms with Gasteiger partial charge >= 0.3 is 224 Å². The van der Waals surface area contributed by atoms with Crippen LogP contribution in [0.5, 0.6) is 0 Å². The standard InChI is InChI=1S/C33H41.2ClH.Zr/c1-20(2)26-19-27-25-15-14-24(32(6,7)8)17-22(25)18-28(27)29(30(26)33(9,10)11)21-12-13-23(16-21)31(3,4)5;;;/h13-17,19H,12H2,1-11H3;2*1H;/q;;;+2/p-2. The quantitative estimate of drug-likeness (QED) is 0.470. The first-order chi connectivity index (χ1) is 15.5. The zero-order valence-corrected chi connectivity index (χ0v) is 27.9. The maximum Gasteiger partial charge on any atom is -1.00 e. The van der Waals surface area contributed by atoms with Gasteiger partial charge in [-0.3, -0.25) is 0 Å². The zero-order chi connectivity index (χ0) is 25.4. The molecule has 2 aliphatic carbocycles. The number of benzene rings is 2. The van der Waals surface area contributed by atoms with E-state index in [9.17, 15) is 0 Å². The van der Waals surface area contributed by atoms with Crippen molar-refractivity contribution in [2.45, 2.75) is 93.4 Å². The van der Waals surface area contributed by atoms with Gasteiger partial charge in [0.15, 0.2) is 0 Å². The van der Waals surface area contributed by atoms with Gasteiger partial charge in [-0.1, -0.05) is 0 Å². The Balaban J connectivity index is 0.00000228. The second-order valence-corrected chi connectivity index (χ2v) is 14.7. The van der Waals surface area contributed by atoms with Crippen LogP contribution in [0.1, 0.15) is 105 Å². The number of rotatable bonds is 1. The van der Waals surface area contributed by atoms with Crippen molar-refractivity contribution >= 4 is 14.4 Å². The molecule has 0 nitrogen and oxygen atoms in total. The molecule has 0 saturated carbocycles. The minimum atomic E-state index is 0. The Bertz CT molecular complexity index is 1380. The van der Waals surface area contributed by atoms with E-state index in [1.165, 1.54) is 88.5 Å². The summed E-state index contributed by atoms with van der Waals surface area (Å²) in [4.78, 5) is 0. The minimum Gasteiger partial charge on any atom is -1.00 e. The molecule has 2 aliphatic rings. The fraction of sp³-hybridized carbons (Fsp3) is 0.455. The smallest absolute Gasteiger partial charge is 1.00 e. The van der Waals surface area contributed by atoms with Gasteiger partial charge in [-0.2, -0.15) is 0 Å². The van der Waals surface area contributed by atoms with Crippen molar-refractivity contribution in [1.29, 1.82) is 0 Å². The summed E-state index contributed by atoms with van der Waals surface area (Å²) in [5.41, 5.74) is 13.5. The predicted octanol–water partition coefficient (Wildman–Crippen LogP) is 1.92. The Morgan fingerprint density at radius 3 is 1.83 bits per heavy atom. The molecule has 0 spiro atoms. The maximum atomic E-state index is 2.51. The Morgan fingerprint density at radius 1 is 0.750 bits per heavy atom. The first kappa shape index (κ1) is 31.3. The first-order valence-electron chi connectivity index (χ1n) is 12.7. The molecule has 0 saturated heterocycles. The van der Waals surface area contributed by atoms with Crippen LogP contribution in [0.25, 0.3) is 25.6 Å². The molecule has 0 fully saturated rings. The van der Waals surface area contributed by atoms with Crippen LogP contribution in [-0.2, 0) is 35.5 Å². The van der Waals surface area contributed by atoms with E-state index >= 15 is 0 Å². The van der Waals surface area contributed by atoms with Crippen molar-refractivity contribution in [1.82, 2.24) is 0 Å². The number of hydrogen-bond acceptors (Lipinski definition) is 0. The molecule has 191 valence electrons. The van der Waals surface area contributed by atoms with Gasteiger partial charge in [0.1, 0.15) is 0 Å². The Labute approximate surface area is 247 Å². The van der Waals surface area contributed by atoms with Gasteiger partial charge in [-0.25, -0.2) is 0 Å². The number of allylic oxidation sites excluding steroid dienone is 4. The number of hydrogen-bond donors (Lipinski definition) is 0. The van der Waals surface area contributed by atoms with Gasteiger partial charge in [0, 0.05) is 0 Å². The SMILES string of the molecule is CC(C)=c1cc2c(c(C3=CC(C(C)(C)C)=CC3)c1C(C)(C)C)=[C]([Zr+2])c1cc(C(C)(C)C)ccc1-2.[Cl-].[Cl-]. The average molecular weight is 600 g/mol. The summed E-state index contributed by atoms with van der Waals surface area (Å²) in [6.45, 7) is 25.7. The second kappa shape index (κ2) is 10.4. The first-order valence-corrected chi connectivity index (χ1v) is 13.9. The van der Waals surface area contributed by atoms with E-state index in [4.69, 9.17) is 0 Å². The summed E-state index contributed by atoms with van der Waals surface area (Å²) in [7, 11) is 0. The van der Waals surface area contributed by atoms with E-state index in [2.05, 4.69) is 113 Å². The molecule has 0 aliphatic heterocycles. The second-order valence-electron chi connectivity index (χ2n) is 13.5. The van der Waals surface area contributed by atoms with Gasteiger partial charge in [0.2, 0.25) is 0 Å². The Hall–Kier alpha value is -0.877. The van der Waals surface area contributed by atoms with Crippen molar-refractivity contribution in [2.75, 3.05) is 0 Å². The van der Waals surface area contributed by atoms with Gasteiger partial charge in [0.05, 0.1) is 0 Å². The normalized spacial score (nSPS) is 15.0. The number of halogens is 2. The van der Waals surface area contributed by atoms with E-state index in [1.54, 1.807) is 0 Å². The van der Waals surface area contributed by atoms with Crippen LogP contribution in [0.15, 0.2) is 42.0 Å². The third-order valence-electron chi connectivity index (χ3n) is 7.37. The van der Waals surface area contributed by atoms with E-state index < -0.39 is 0 Å². The summed E-state index contributed by atoms with van der Waals surface area (Å²) < 4.78 is 1.52. The van der Waals surface area contributed by atoms with Crippen LogP contribution in [0.3, 0.4) is 0 Å². The Morgan fingerprint density at radius 2 is 1.36 bits per heavy atom. The van der Waals surface area contributed by atoms with Crippen LogP contribution in [0, 0.1) is 5.41 Å². The molecule has 0 N–H and O–H groups in total. The van der Waals surface area contributed by atoms with Gasteiger partial charge in [0.25, 0.3) is 0 Å². The zero-order valence-electron chi connectivity index (χ0n) is 23.9. The minimum absolute atomic E-state index is 0. The summed E-state index contributed by atoms with van der Waals surface area (Å²) in [6, 6.07) is 9.73. The topological polar surface area (TPSA) is 0 Å². The van der Waals surface area contributed by atoms with E-state index in [1.807, 2.05) is 0 Å². The van der Waals surface area contributed by atoms with Crippen molar-refractivity contribution < 1.29 is 49.5 Å². The van der Waals surface area contributed by atoms with Crippen LogP contribution in [0.2, 0.25) is 0 Å². The number of fused-ring (bicyclic) bond motifs is 3. The van der Waals surface area contributed by atoms with E-state index in [-0.39, 0.29) is 41.1 Å².